The van der Waals surface area contributed by atoms with Crippen molar-refractivity contribution in [3.05, 3.63) is 0 Å². The maximum atomic E-state index is 11.9. The van der Waals surface area contributed by atoms with Crippen LogP contribution in [0, 0.1) is 0 Å². The number of aliphatic hydroxyl groups is 1. The van der Waals surface area contributed by atoms with Gasteiger partial charge in [0.15, 0.2) is 0 Å². The van der Waals surface area contributed by atoms with Crippen LogP contribution < -0.4 is 0 Å². The molecule has 0 radical (unpaired) electrons. The van der Waals surface area contributed by atoms with Gasteiger partial charge in [-0.2, -0.15) is 13.2 Å². The number of aliphatic hydroxyl groups excluding tert-OH is 1. The van der Waals surface area contributed by atoms with Crippen LogP contribution in [0.15, 0.2) is 0 Å². The van der Waals surface area contributed by atoms with Crippen molar-refractivity contribution in [2.75, 3.05) is 26.9 Å². The molecule has 0 spiro atoms. The fraction of sp³-hybridized carbons (Fsp3) is 1.00. The number of alkyl halides is 3. The van der Waals surface area contributed by atoms with E-state index >= 15 is 0 Å². The highest BCUT2D eigenvalue weighted by molar-refractivity contribution is 4.92. The zero-order valence-electron chi connectivity index (χ0n) is 8.87. The van der Waals surface area contributed by atoms with Crippen molar-refractivity contribution in [2.24, 2.45) is 0 Å². The van der Waals surface area contributed by atoms with E-state index in [1.54, 1.807) is 0 Å². The van der Waals surface area contributed by atoms with Crippen LogP contribution in [0.25, 0.3) is 0 Å². The number of hydrogen-bond donors (Lipinski definition) is 1. The standard InChI is InChI=1S/C9H15F3O4/c1-14-2-3-15-8-6(13)4-7(8)16-5-9(10,11)12/h6-8,13H,2-5H2,1H3. The molecule has 16 heavy (non-hydrogen) atoms. The summed E-state index contributed by atoms with van der Waals surface area (Å²) in [5.41, 5.74) is 0. The molecule has 3 atom stereocenters. The Bertz CT molecular complexity index is 209. The van der Waals surface area contributed by atoms with E-state index in [1.807, 2.05) is 0 Å². The summed E-state index contributed by atoms with van der Waals surface area (Å²) in [7, 11) is 1.48. The van der Waals surface area contributed by atoms with Crippen molar-refractivity contribution < 1.29 is 32.5 Å². The highest BCUT2D eigenvalue weighted by Crippen LogP contribution is 2.29. The molecule has 96 valence electrons. The highest BCUT2D eigenvalue weighted by Gasteiger charge is 2.43. The van der Waals surface area contributed by atoms with Crippen molar-refractivity contribution in [2.45, 2.75) is 30.9 Å². The molecule has 1 aliphatic rings. The van der Waals surface area contributed by atoms with Gasteiger partial charge in [-0.05, 0) is 0 Å². The van der Waals surface area contributed by atoms with Gasteiger partial charge in [0.1, 0.15) is 12.7 Å². The molecule has 0 amide bonds. The first-order valence-electron chi connectivity index (χ1n) is 4.91. The van der Waals surface area contributed by atoms with E-state index in [-0.39, 0.29) is 13.0 Å². The smallest absolute Gasteiger partial charge is 0.390 e. The van der Waals surface area contributed by atoms with Gasteiger partial charge in [0.05, 0.1) is 25.4 Å². The second-order valence-corrected chi connectivity index (χ2v) is 3.60. The maximum absolute atomic E-state index is 11.9. The molecule has 0 saturated heterocycles. The van der Waals surface area contributed by atoms with E-state index in [9.17, 15) is 18.3 Å². The third-order valence-corrected chi connectivity index (χ3v) is 2.28. The van der Waals surface area contributed by atoms with E-state index in [0.29, 0.717) is 6.61 Å². The van der Waals surface area contributed by atoms with Crippen molar-refractivity contribution in [3.8, 4) is 0 Å². The van der Waals surface area contributed by atoms with Crippen LogP contribution in [0.4, 0.5) is 13.2 Å². The molecule has 0 aliphatic heterocycles. The summed E-state index contributed by atoms with van der Waals surface area (Å²) >= 11 is 0. The second kappa shape index (κ2) is 5.81. The van der Waals surface area contributed by atoms with Crippen LogP contribution in [0.2, 0.25) is 0 Å². The lowest BCUT2D eigenvalue weighted by Gasteiger charge is -2.40. The summed E-state index contributed by atoms with van der Waals surface area (Å²) in [6.45, 7) is -0.756. The van der Waals surface area contributed by atoms with Gasteiger partial charge in [0.25, 0.3) is 0 Å². The molecule has 1 fully saturated rings. The largest absolute Gasteiger partial charge is 0.411 e. The zero-order chi connectivity index (χ0) is 12.2. The average molecular weight is 244 g/mol. The van der Waals surface area contributed by atoms with Crippen LogP contribution in [0.1, 0.15) is 6.42 Å². The van der Waals surface area contributed by atoms with Crippen molar-refractivity contribution in [1.82, 2.24) is 0 Å². The fourth-order valence-electron chi connectivity index (χ4n) is 1.41. The van der Waals surface area contributed by atoms with Gasteiger partial charge in [-0.15, -0.1) is 0 Å². The van der Waals surface area contributed by atoms with E-state index in [0.717, 1.165) is 0 Å². The minimum Gasteiger partial charge on any atom is -0.390 e. The lowest BCUT2D eigenvalue weighted by atomic mass is 9.88. The number of hydrogen-bond acceptors (Lipinski definition) is 4. The van der Waals surface area contributed by atoms with E-state index in [2.05, 4.69) is 4.74 Å². The Labute approximate surface area is 91.3 Å². The summed E-state index contributed by atoms with van der Waals surface area (Å²) in [5, 5.41) is 9.28. The Morgan fingerprint density at radius 2 is 1.94 bits per heavy atom. The summed E-state index contributed by atoms with van der Waals surface area (Å²) < 4.78 is 50.0. The Morgan fingerprint density at radius 1 is 1.25 bits per heavy atom. The minimum atomic E-state index is -4.35. The third-order valence-electron chi connectivity index (χ3n) is 2.28. The normalized spacial score (nSPS) is 30.2. The Morgan fingerprint density at radius 3 is 2.44 bits per heavy atom. The predicted octanol–water partition coefficient (Wildman–Crippen LogP) is 0.730. The lowest BCUT2D eigenvalue weighted by Crippen LogP contribution is -2.54. The SMILES string of the molecule is COCCOC1C(O)CC1OCC(F)(F)F. The van der Waals surface area contributed by atoms with E-state index in [1.165, 1.54) is 7.11 Å². The first-order valence-corrected chi connectivity index (χ1v) is 4.91. The van der Waals surface area contributed by atoms with Crippen LogP contribution in [0.5, 0.6) is 0 Å². The number of rotatable bonds is 6. The minimum absolute atomic E-state index is 0.174. The summed E-state index contributed by atoms with van der Waals surface area (Å²) in [6.07, 6.45) is -6.30. The van der Waals surface area contributed by atoms with Gasteiger partial charge in [-0.1, -0.05) is 0 Å². The highest BCUT2D eigenvalue weighted by atomic mass is 19.4. The Kier molecular flexibility index (Phi) is 4.97. The molecule has 0 aromatic carbocycles. The molecular formula is C9H15F3O4. The molecule has 7 heteroatoms. The van der Waals surface area contributed by atoms with Crippen LogP contribution >= 0.6 is 0 Å². The van der Waals surface area contributed by atoms with Crippen molar-refractivity contribution in [3.63, 3.8) is 0 Å². The summed E-state index contributed by atoms with van der Waals surface area (Å²) in [4.78, 5) is 0. The Hall–Kier alpha value is -0.370. The monoisotopic (exact) mass is 244 g/mol. The zero-order valence-corrected chi connectivity index (χ0v) is 8.87. The molecule has 1 aliphatic carbocycles. The number of methoxy groups -OCH3 is 1. The van der Waals surface area contributed by atoms with E-state index < -0.39 is 31.1 Å². The Balaban J connectivity index is 2.22. The van der Waals surface area contributed by atoms with Gasteiger partial charge in [0.2, 0.25) is 0 Å². The number of halogens is 3. The van der Waals surface area contributed by atoms with Crippen molar-refractivity contribution in [1.29, 1.82) is 0 Å². The second-order valence-electron chi connectivity index (χ2n) is 3.60. The van der Waals surface area contributed by atoms with Crippen LogP contribution in [0.3, 0.4) is 0 Å². The molecule has 0 heterocycles. The molecule has 0 aromatic heterocycles. The summed E-state index contributed by atoms with van der Waals surface area (Å²) in [6, 6.07) is 0. The summed E-state index contributed by atoms with van der Waals surface area (Å²) in [5.74, 6) is 0. The lowest BCUT2D eigenvalue weighted by molar-refractivity contribution is -0.240. The van der Waals surface area contributed by atoms with Crippen LogP contribution in [-0.2, 0) is 14.2 Å². The van der Waals surface area contributed by atoms with Gasteiger partial charge in [-0.3, -0.25) is 0 Å². The average Bonchev–Trinajstić information content (AvgIpc) is 2.17. The predicted molar refractivity (Wildman–Crippen MR) is 48.0 cm³/mol. The molecule has 0 aromatic rings. The maximum Gasteiger partial charge on any atom is 0.411 e. The molecule has 1 rings (SSSR count). The topological polar surface area (TPSA) is 47.9 Å². The van der Waals surface area contributed by atoms with Crippen molar-refractivity contribution >= 4 is 0 Å². The number of ether oxygens (including phenoxy) is 3. The quantitative estimate of drug-likeness (QED) is 0.700. The third kappa shape index (κ3) is 4.25. The molecular weight excluding hydrogens is 229 g/mol. The van der Waals surface area contributed by atoms with Gasteiger partial charge >= 0.3 is 6.18 Å². The van der Waals surface area contributed by atoms with Crippen LogP contribution in [-0.4, -0.2) is 56.5 Å². The van der Waals surface area contributed by atoms with Gasteiger partial charge in [0, 0.05) is 13.5 Å². The molecule has 0 bridgehead atoms. The molecule has 1 saturated carbocycles. The van der Waals surface area contributed by atoms with E-state index in [4.69, 9.17) is 9.47 Å². The molecule has 1 N–H and O–H groups in total. The molecule has 4 nitrogen and oxygen atoms in total. The first kappa shape index (κ1) is 13.7. The fourth-order valence-corrected chi connectivity index (χ4v) is 1.41. The van der Waals surface area contributed by atoms with Gasteiger partial charge in [-0.25, -0.2) is 0 Å². The molecule has 3 unspecified atom stereocenters. The first-order chi connectivity index (χ1) is 7.44. The van der Waals surface area contributed by atoms with Gasteiger partial charge < -0.3 is 19.3 Å².